The minimum absolute atomic E-state index is 0.202. The lowest BCUT2D eigenvalue weighted by molar-refractivity contribution is -0.140. The van der Waals surface area contributed by atoms with Crippen LogP contribution in [0.2, 0.25) is 0 Å². The van der Waals surface area contributed by atoms with Crippen LogP contribution in [0.3, 0.4) is 0 Å². The van der Waals surface area contributed by atoms with Gasteiger partial charge in [0.2, 0.25) is 11.8 Å². The molecule has 11 heteroatoms. The second kappa shape index (κ2) is 10.3. The lowest BCUT2D eigenvalue weighted by Crippen LogP contribution is -2.48. The molecular formula is C17H25N7O4. The van der Waals surface area contributed by atoms with Gasteiger partial charge in [0.1, 0.15) is 6.04 Å². The van der Waals surface area contributed by atoms with Crippen molar-refractivity contribution in [1.29, 1.82) is 0 Å². The van der Waals surface area contributed by atoms with Crippen LogP contribution in [0.15, 0.2) is 23.6 Å². The Hall–Kier alpha value is -3.11. The van der Waals surface area contributed by atoms with Crippen molar-refractivity contribution in [2.45, 2.75) is 45.1 Å². The normalized spacial score (nSPS) is 17.0. The SMILES string of the molecule is CCCC[C@H](CN(N=O)C(N)=O)C(=O)N1CCC[C@H]1C(=O)Nc1cccnn1. The van der Waals surface area contributed by atoms with E-state index >= 15 is 0 Å². The zero-order valence-corrected chi connectivity index (χ0v) is 15.8. The number of nitrogens with zero attached hydrogens (tertiary/aromatic N) is 5. The number of urea groups is 1. The number of nitroso groups, excluding NO2 is 1. The Morgan fingerprint density at radius 3 is 2.86 bits per heavy atom. The first-order chi connectivity index (χ1) is 13.5. The molecule has 1 aromatic rings. The third-order valence-corrected chi connectivity index (χ3v) is 4.66. The van der Waals surface area contributed by atoms with Gasteiger partial charge in [-0.05, 0) is 31.4 Å². The first kappa shape index (κ1) is 21.2. The van der Waals surface area contributed by atoms with Crippen molar-refractivity contribution >= 4 is 23.7 Å². The third kappa shape index (κ3) is 5.44. The average Bonchev–Trinajstić information content (AvgIpc) is 3.18. The maximum Gasteiger partial charge on any atom is 0.337 e. The van der Waals surface area contributed by atoms with Gasteiger partial charge in [-0.15, -0.1) is 10.0 Å². The molecule has 0 saturated carbocycles. The highest BCUT2D eigenvalue weighted by Gasteiger charge is 2.38. The molecule has 2 rings (SSSR count). The summed E-state index contributed by atoms with van der Waals surface area (Å²) in [6.07, 6.45) is 4.71. The van der Waals surface area contributed by atoms with E-state index < -0.39 is 18.0 Å². The Morgan fingerprint density at radius 1 is 1.46 bits per heavy atom. The van der Waals surface area contributed by atoms with Gasteiger partial charge in [0, 0.05) is 12.7 Å². The topological polar surface area (TPSA) is 151 Å². The molecule has 11 nitrogen and oxygen atoms in total. The van der Waals surface area contributed by atoms with Crippen LogP contribution >= 0.6 is 0 Å². The van der Waals surface area contributed by atoms with Gasteiger partial charge in [0.05, 0.1) is 17.7 Å². The molecule has 1 aliphatic heterocycles. The molecule has 0 aliphatic carbocycles. The minimum atomic E-state index is -1.01. The van der Waals surface area contributed by atoms with Crippen LogP contribution < -0.4 is 11.1 Å². The summed E-state index contributed by atoms with van der Waals surface area (Å²) in [6, 6.07) is 1.59. The summed E-state index contributed by atoms with van der Waals surface area (Å²) in [7, 11) is 0. The number of rotatable bonds is 9. The fourth-order valence-corrected chi connectivity index (χ4v) is 3.23. The van der Waals surface area contributed by atoms with E-state index in [9.17, 15) is 19.3 Å². The number of nitrogens with two attached hydrogens (primary N) is 1. The van der Waals surface area contributed by atoms with Gasteiger partial charge in [0.15, 0.2) is 5.82 Å². The number of hydrogen-bond acceptors (Lipinski definition) is 7. The number of carbonyl (C=O) groups excluding carboxylic acids is 3. The van der Waals surface area contributed by atoms with Crippen molar-refractivity contribution in [2.24, 2.45) is 16.9 Å². The number of amides is 4. The highest BCUT2D eigenvalue weighted by atomic mass is 16.3. The van der Waals surface area contributed by atoms with Crippen molar-refractivity contribution in [2.75, 3.05) is 18.4 Å². The molecule has 0 unspecified atom stereocenters. The summed E-state index contributed by atoms with van der Waals surface area (Å²) in [5.41, 5.74) is 5.13. The standard InChI is InChI=1S/C17H25N7O4/c1-2-3-6-12(11-24(22-28)17(18)27)16(26)23-10-5-7-13(23)15(25)20-14-8-4-9-19-21-14/h4,8-9,12-13H,2-3,5-7,10-11H2,1H3,(H2,18,27)(H,20,21,25)/t12-,13+/m1/s1. The maximum atomic E-state index is 13.1. The van der Waals surface area contributed by atoms with Crippen LogP contribution in [-0.2, 0) is 9.59 Å². The molecule has 0 aromatic carbocycles. The molecule has 0 radical (unpaired) electrons. The molecule has 28 heavy (non-hydrogen) atoms. The zero-order chi connectivity index (χ0) is 20.5. The number of primary amides is 1. The number of hydrogen-bond donors (Lipinski definition) is 2. The first-order valence-corrected chi connectivity index (χ1v) is 9.27. The van der Waals surface area contributed by atoms with E-state index in [0.717, 1.165) is 12.8 Å². The van der Waals surface area contributed by atoms with E-state index in [-0.39, 0.29) is 18.4 Å². The molecule has 1 aromatic heterocycles. The van der Waals surface area contributed by atoms with Crippen molar-refractivity contribution < 1.29 is 14.4 Å². The zero-order valence-electron chi connectivity index (χ0n) is 15.8. The van der Waals surface area contributed by atoms with E-state index in [1.54, 1.807) is 12.1 Å². The molecule has 1 fully saturated rings. The molecule has 1 aliphatic rings. The molecular weight excluding hydrogens is 366 g/mol. The maximum absolute atomic E-state index is 13.1. The lowest BCUT2D eigenvalue weighted by Gasteiger charge is -2.29. The van der Waals surface area contributed by atoms with E-state index in [0.29, 0.717) is 36.6 Å². The van der Waals surface area contributed by atoms with Gasteiger partial charge in [-0.1, -0.05) is 19.8 Å². The Kier molecular flexibility index (Phi) is 7.78. The number of nitrogens with one attached hydrogen (secondary N) is 1. The fraction of sp³-hybridized carbons (Fsp3) is 0.588. The van der Waals surface area contributed by atoms with Gasteiger partial charge in [0.25, 0.3) is 0 Å². The summed E-state index contributed by atoms with van der Waals surface area (Å²) in [6.45, 7) is 2.19. The Labute approximate surface area is 162 Å². The van der Waals surface area contributed by atoms with E-state index in [1.165, 1.54) is 11.1 Å². The van der Waals surface area contributed by atoms with Gasteiger partial charge < -0.3 is 16.0 Å². The van der Waals surface area contributed by atoms with Crippen LogP contribution in [0.25, 0.3) is 0 Å². The molecule has 0 spiro atoms. The van der Waals surface area contributed by atoms with Crippen molar-refractivity contribution in [3.63, 3.8) is 0 Å². The summed E-state index contributed by atoms with van der Waals surface area (Å²) in [5.74, 6) is -0.990. The highest BCUT2D eigenvalue weighted by molar-refractivity contribution is 5.97. The van der Waals surface area contributed by atoms with E-state index in [2.05, 4.69) is 20.8 Å². The number of unbranched alkanes of at least 4 members (excludes halogenated alkanes) is 1. The Morgan fingerprint density at radius 2 is 2.25 bits per heavy atom. The largest absolute Gasteiger partial charge is 0.350 e. The first-order valence-electron chi connectivity index (χ1n) is 9.27. The Bertz CT molecular complexity index is 700. The van der Waals surface area contributed by atoms with Crippen LogP contribution in [-0.4, -0.2) is 57.1 Å². The van der Waals surface area contributed by atoms with E-state index in [4.69, 9.17) is 5.73 Å². The summed E-state index contributed by atoms with van der Waals surface area (Å²) in [4.78, 5) is 49.4. The number of aromatic nitrogens is 2. The fourth-order valence-electron chi connectivity index (χ4n) is 3.23. The monoisotopic (exact) mass is 391 g/mol. The van der Waals surface area contributed by atoms with Crippen LogP contribution in [0.5, 0.6) is 0 Å². The third-order valence-electron chi connectivity index (χ3n) is 4.66. The van der Waals surface area contributed by atoms with Gasteiger partial charge in [-0.3, -0.25) is 9.59 Å². The molecule has 3 N–H and O–H groups in total. The predicted molar refractivity (Wildman–Crippen MR) is 100 cm³/mol. The van der Waals surface area contributed by atoms with Gasteiger partial charge in [-0.25, -0.2) is 4.79 Å². The predicted octanol–water partition coefficient (Wildman–Crippen LogP) is 1.27. The molecule has 0 bridgehead atoms. The molecule has 2 heterocycles. The lowest BCUT2D eigenvalue weighted by atomic mass is 9.99. The van der Waals surface area contributed by atoms with Crippen molar-refractivity contribution in [1.82, 2.24) is 20.1 Å². The summed E-state index contributed by atoms with van der Waals surface area (Å²) in [5, 5.41) is 13.3. The average molecular weight is 391 g/mol. The number of anilines is 1. The molecule has 152 valence electrons. The summed E-state index contributed by atoms with van der Waals surface area (Å²) >= 11 is 0. The smallest absolute Gasteiger partial charge is 0.337 e. The van der Waals surface area contributed by atoms with Crippen LogP contribution in [0, 0.1) is 10.8 Å². The number of carbonyl (C=O) groups is 3. The minimum Gasteiger partial charge on any atom is -0.350 e. The van der Waals surface area contributed by atoms with Gasteiger partial charge in [-0.2, -0.15) is 10.1 Å². The van der Waals surface area contributed by atoms with Crippen LogP contribution in [0.4, 0.5) is 10.6 Å². The van der Waals surface area contributed by atoms with Gasteiger partial charge >= 0.3 is 6.03 Å². The molecule has 1 saturated heterocycles. The quantitative estimate of drug-likeness (QED) is 0.478. The Balaban J connectivity index is 2.11. The molecule has 4 amide bonds. The van der Waals surface area contributed by atoms with E-state index in [1.807, 2.05) is 6.92 Å². The van der Waals surface area contributed by atoms with Crippen molar-refractivity contribution in [3.8, 4) is 0 Å². The molecule has 2 atom stereocenters. The van der Waals surface area contributed by atoms with Crippen LogP contribution in [0.1, 0.15) is 39.0 Å². The van der Waals surface area contributed by atoms with Crippen molar-refractivity contribution in [3.05, 3.63) is 23.2 Å². The second-order valence-corrected chi connectivity index (χ2v) is 6.63. The summed E-state index contributed by atoms with van der Waals surface area (Å²) < 4.78 is 0. The number of likely N-dealkylation sites (tertiary alicyclic amines) is 1. The second-order valence-electron chi connectivity index (χ2n) is 6.63. The highest BCUT2D eigenvalue weighted by Crippen LogP contribution is 2.24.